The van der Waals surface area contributed by atoms with Gasteiger partial charge in [0.15, 0.2) is 11.5 Å². The SMILES string of the molecule is Cc1c(C(=O)NCCCN2CCCCC2)oc2ccc3c(c12)C(=O)C[C@](C)(c1ccc(Cl)cc1)O3. The van der Waals surface area contributed by atoms with Crippen LogP contribution >= 0.6 is 11.6 Å². The molecule has 2 aliphatic heterocycles. The minimum absolute atomic E-state index is 0.0355. The lowest BCUT2D eigenvalue weighted by Crippen LogP contribution is -2.36. The number of ketones is 1. The number of hydrogen-bond acceptors (Lipinski definition) is 5. The van der Waals surface area contributed by atoms with Gasteiger partial charge in [0, 0.05) is 22.5 Å². The van der Waals surface area contributed by atoms with E-state index in [1.807, 2.05) is 26.0 Å². The minimum atomic E-state index is -0.797. The molecule has 35 heavy (non-hydrogen) atoms. The Morgan fingerprint density at radius 3 is 2.60 bits per heavy atom. The van der Waals surface area contributed by atoms with Crippen LogP contribution in [0.4, 0.5) is 0 Å². The number of rotatable bonds is 6. The number of furan rings is 1. The molecule has 1 atom stereocenters. The van der Waals surface area contributed by atoms with E-state index in [2.05, 4.69) is 10.2 Å². The Kier molecular flexibility index (Phi) is 6.60. The van der Waals surface area contributed by atoms with E-state index in [4.69, 9.17) is 20.8 Å². The van der Waals surface area contributed by atoms with Crippen molar-refractivity contribution in [3.05, 3.63) is 63.9 Å². The number of amides is 1. The van der Waals surface area contributed by atoms with E-state index in [0.717, 1.165) is 31.6 Å². The molecule has 5 rings (SSSR count). The van der Waals surface area contributed by atoms with Gasteiger partial charge in [-0.25, -0.2) is 0 Å². The highest BCUT2D eigenvalue weighted by atomic mass is 35.5. The Hall–Kier alpha value is -2.83. The zero-order chi connectivity index (χ0) is 24.6. The molecule has 184 valence electrons. The predicted molar refractivity (Wildman–Crippen MR) is 137 cm³/mol. The van der Waals surface area contributed by atoms with Crippen LogP contribution in [0.3, 0.4) is 0 Å². The van der Waals surface area contributed by atoms with Gasteiger partial charge in [-0.15, -0.1) is 0 Å². The molecule has 1 amide bonds. The van der Waals surface area contributed by atoms with Gasteiger partial charge in [0.1, 0.15) is 16.9 Å². The third kappa shape index (κ3) is 4.69. The fourth-order valence-corrected chi connectivity index (χ4v) is 5.43. The number of nitrogens with one attached hydrogen (secondary N) is 1. The maximum atomic E-state index is 13.4. The van der Waals surface area contributed by atoms with Crippen LogP contribution in [0, 0.1) is 6.92 Å². The van der Waals surface area contributed by atoms with Gasteiger partial charge in [0.2, 0.25) is 0 Å². The Morgan fingerprint density at radius 1 is 1.11 bits per heavy atom. The molecule has 3 heterocycles. The largest absolute Gasteiger partial charge is 0.482 e. The summed E-state index contributed by atoms with van der Waals surface area (Å²) in [5.74, 6) is 0.474. The molecule has 0 aliphatic carbocycles. The van der Waals surface area contributed by atoms with Gasteiger partial charge in [-0.05, 0) is 82.6 Å². The first-order valence-electron chi connectivity index (χ1n) is 12.4. The zero-order valence-corrected chi connectivity index (χ0v) is 21.0. The average Bonchev–Trinajstić information content (AvgIpc) is 3.19. The van der Waals surface area contributed by atoms with Crippen LogP contribution in [0.15, 0.2) is 40.8 Å². The molecule has 0 radical (unpaired) electrons. The van der Waals surface area contributed by atoms with Crippen molar-refractivity contribution in [2.24, 2.45) is 0 Å². The highest BCUT2D eigenvalue weighted by Crippen LogP contribution is 2.44. The number of likely N-dealkylation sites (tertiary alicyclic amines) is 1. The number of carbonyl (C=O) groups is 2. The molecule has 1 N–H and O–H groups in total. The summed E-state index contributed by atoms with van der Waals surface area (Å²) in [6.45, 7) is 7.61. The first kappa shape index (κ1) is 23.9. The number of hydrogen-bond donors (Lipinski definition) is 1. The second kappa shape index (κ2) is 9.67. The number of piperidine rings is 1. The van der Waals surface area contributed by atoms with Gasteiger partial charge in [0.05, 0.1) is 12.0 Å². The lowest BCUT2D eigenvalue weighted by Gasteiger charge is -2.35. The standard InChI is InChI=1S/C28H31ClN2O4/c1-18-24-22(34-26(18)27(33)30-13-6-16-31-14-4-3-5-15-31)11-12-23-25(24)21(32)17-28(2,35-23)19-7-9-20(29)10-8-19/h7-12H,3-6,13-17H2,1-2H3,(H,30,33)/t28-/m1/s1. The number of nitrogens with zero attached hydrogens (tertiary/aromatic N) is 1. The summed E-state index contributed by atoms with van der Waals surface area (Å²) in [7, 11) is 0. The van der Waals surface area contributed by atoms with Crippen molar-refractivity contribution in [1.29, 1.82) is 0 Å². The summed E-state index contributed by atoms with van der Waals surface area (Å²) >= 11 is 6.04. The van der Waals surface area contributed by atoms with Gasteiger partial charge in [-0.2, -0.15) is 0 Å². The van der Waals surface area contributed by atoms with E-state index in [1.165, 1.54) is 19.3 Å². The van der Waals surface area contributed by atoms with Gasteiger partial charge in [-0.3, -0.25) is 9.59 Å². The number of benzene rings is 2. The van der Waals surface area contributed by atoms with Crippen molar-refractivity contribution in [1.82, 2.24) is 10.2 Å². The van der Waals surface area contributed by atoms with Crippen molar-refractivity contribution in [2.75, 3.05) is 26.2 Å². The number of aryl methyl sites for hydroxylation is 1. The molecule has 0 spiro atoms. The van der Waals surface area contributed by atoms with Crippen LogP contribution in [0.2, 0.25) is 5.02 Å². The minimum Gasteiger partial charge on any atom is -0.482 e. The van der Waals surface area contributed by atoms with E-state index in [-0.39, 0.29) is 23.9 Å². The van der Waals surface area contributed by atoms with E-state index in [9.17, 15) is 9.59 Å². The van der Waals surface area contributed by atoms with Crippen molar-refractivity contribution < 1.29 is 18.7 Å². The topological polar surface area (TPSA) is 71.8 Å². The second-order valence-corrected chi connectivity index (χ2v) is 10.3. The normalized spacial score (nSPS) is 20.5. The zero-order valence-electron chi connectivity index (χ0n) is 20.3. The molecular formula is C28H31ClN2O4. The lowest BCUT2D eigenvalue weighted by molar-refractivity contribution is 0.0507. The maximum absolute atomic E-state index is 13.4. The first-order chi connectivity index (χ1) is 16.9. The van der Waals surface area contributed by atoms with E-state index >= 15 is 0 Å². The number of carbonyl (C=O) groups excluding carboxylic acids is 2. The maximum Gasteiger partial charge on any atom is 0.287 e. The summed E-state index contributed by atoms with van der Waals surface area (Å²) in [4.78, 5) is 28.8. The number of Topliss-reactive ketones (excluding diaryl/α,β-unsaturated/α-hetero) is 1. The average molecular weight is 495 g/mol. The third-order valence-corrected chi connectivity index (χ3v) is 7.47. The first-order valence-corrected chi connectivity index (χ1v) is 12.8. The fourth-order valence-electron chi connectivity index (χ4n) is 5.31. The fraction of sp³-hybridized carbons (Fsp3) is 0.429. The van der Waals surface area contributed by atoms with Gasteiger partial charge in [-0.1, -0.05) is 30.2 Å². The molecule has 1 fully saturated rings. The Balaban J connectivity index is 1.34. The molecule has 0 saturated carbocycles. The smallest absolute Gasteiger partial charge is 0.287 e. The predicted octanol–water partition coefficient (Wildman–Crippen LogP) is 5.88. The van der Waals surface area contributed by atoms with E-state index in [0.29, 0.717) is 39.4 Å². The number of halogens is 1. The van der Waals surface area contributed by atoms with Gasteiger partial charge < -0.3 is 19.4 Å². The molecule has 2 aromatic carbocycles. The molecular weight excluding hydrogens is 464 g/mol. The quantitative estimate of drug-likeness (QED) is 0.433. The highest BCUT2D eigenvalue weighted by molar-refractivity contribution is 6.30. The summed E-state index contributed by atoms with van der Waals surface area (Å²) in [6, 6.07) is 10.9. The van der Waals surface area contributed by atoms with Crippen molar-refractivity contribution in [2.45, 2.75) is 51.6 Å². The molecule has 0 unspecified atom stereocenters. The lowest BCUT2D eigenvalue weighted by atomic mass is 9.84. The van der Waals surface area contributed by atoms with Crippen LogP contribution in [0.1, 0.15) is 71.1 Å². The monoisotopic (exact) mass is 494 g/mol. The Labute approximate surface area is 210 Å². The third-order valence-electron chi connectivity index (χ3n) is 7.21. The number of ether oxygens (including phenoxy) is 1. The van der Waals surface area contributed by atoms with Gasteiger partial charge in [0.25, 0.3) is 5.91 Å². The summed E-state index contributed by atoms with van der Waals surface area (Å²) in [6.07, 6.45) is 4.92. The molecule has 1 aromatic heterocycles. The molecule has 7 heteroatoms. The molecule has 1 saturated heterocycles. The van der Waals surface area contributed by atoms with Crippen LogP contribution < -0.4 is 10.1 Å². The van der Waals surface area contributed by atoms with Crippen LogP contribution in [-0.4, -0.2) is 42.8 Å². The van der Waals surface area contributed by atoms with Gasteiger partial charge >= 0.3 is 0 Å². The molecule has 2 aliphatic rings. The van der Waals surface area contributed by atoms with Crippen molar-refractivity contribution >= 4 is 34.3 Å². The summed E-state index contributed by atoms with van der Waals surface area (Å²) in [5, 5.41) is 4.27. The Morgan fingerprint density at radius 2 is 1.86 bits per heavy atom. The molecule has 6 nitrogen and oxygen atoms in total. The highest BCUT2D eigenvalue weighted by Gasteiger charge is 2.40. The van der Waals surface area contributed by atoms with Crippen molar-refractivity contribution in [3.8, 4) is 5.75 Å². The van der Waals surface area contributed by atoms with Crippen LogP contribution in [-0.2, 0) is 5.60 Å². The molecule has 3 aromatic rings. The number of fused-ring (bicyclic) bond motifs is 3. The van der Waals surface area contributed by atoms with Crippen LogP contribution in [0.25, 0.3) is 11.0 Å². The van der Waals surface area contributed by atoms with Crippen molar-refractivity contribution in [3.63, 3.8) is 0 Å². The summed E-state index contributed by atoms with van der Waals surface area (Å²) < 4.78 is 12.3. The van der Waals surface area contributed by atoms with Crippen LogP contribution in [0.5, 0.6) is 5.75 Å². The Bertz CT molecular complexity index is 1260. The summed E-state index contributed by atoms with van der Waals surface area (Å²) in [5.41, 5.74) is 1.76. The van der Waals surface area contributed by atoms with E-state index in [1.54, 1.807) is 24.3 Å². The van der Waals surface area contributed by atoms with E-state index < -0.39 is 5.60 Å². The molecule has 0 bridgehead atoms. The second-order valence-electron chi connectivity index (χ2n) is 9.82.